The topological polar surface area (TPSA) is 53.7 Å². The van der Waals surface area contributed by atoms with E-state index in [1.54, 1.807) is 0 Å². The standard InChI is InChI=1S/C10H11BBrNO3/c12-6-1-2-7-10-9(6)8(5-13)16-11(10)15-4-3-14-7/h1-2,8H,3-5,13H2/t8-/m0/s1. The largest absolute Gasteiger partial charge is 0.498 e. The van der Waals surface area contributed by atoms with Crippen LogP contribution in [0.15, 0.2) is 16.6 Å². The van der Waals surface area contributed by atoms with Crippen LogP contribution < -0.4 is 15.9 Å². The van der Waals surface area contributed by atoms with Gasteiger partial charge in [-0.1, -0.05) is 15.9 Å². The molecule has 6 heteroatoms. The normalized spacial score (nSPS) is 22.6. The van der Waals surface area contributed by atoms with Crippen molar-refractivity contribution in [3.8, 4) is 5.75 Å². The Labute approximate surface area is 102 Å². The van der Waals surface area contributed by atoms with Gasteiger partial charge in [0.15, 0.2) is 0 Å². The van der Waals surface area contributed by atoms with E-state index in [1.807, 2.05) is 12.1 Å². The van der Waals surface area contributed by atoms with Crippen LogP contribution in [0.5, 0.6) is 5.75 Å². The maximum absolute atomic E-state index is 5.77. The summed E-state index contributed by atoms with van der Waals surface area (Å²) in [5.74, 6) is 0.844. The zero-order valence-corrected chi connectivity index (χ0v) is 10.2. The van der Waals surface area contributed by atoms with Crippen molar-refractivity contribution >= 4 is 28.5 Å². The van der Waals surface area contributed by atoms with E-state index in [-0.39, 0.29) is 13.2 Å². The number of ether oxygens (including phenoxy) is 1. The van der Waals surface area contributed by atoms with Crippen LogP contribution in [0.4, 0.5) is 0 Å². The molecule has 0 aromatic heterocycles. The molecular formula is C10H11BBrNO3. The number of hydrogen-bond acceptors (Lipinski definition) is 4. The number of benzene rings is 1. The molecule has 16 heavy (non-hydrogen) atoms. The van der Waals surface area contributed by atoms with E-state index in [0.29, 0.717) is 19.8 Å². The van der Waals surface area contributed by atoms with Crippen molar-refractivity contribution in [2.24, 2.45) is 5.73 Å². The Balaban J connectivity index is 2.17. The second-order valence-corrected chi connectivity index (χ2v) is 4.64. The number of hydrogen-bond donors (Lipinski definition) is 1. The number of rotatable bonds is 1. The number of halogens is 1. The summed E-state index contributed by atoms with van der Waals surface area (Å²) >= 11 is 3.52. The molecule has 0 unspecified atom stereocenters. The van der Waals surface area contributed by atoms with Gasteiger partial charge in [-0.3, -0.25) is 0 Å². The Kier molecular flexibility index (Phi) is 2.67. The second-order valence-electron chi connectivity index (χ2n) is 3.78. The SMILES string of the molecule is NC[C@@H]1OB2OCCOc3ccc(Br)c1c32. The molecule has 0 bridgehead atoms. The Morgan fingerprint density at radius 2 is 2.31 bits per heavy atom. The molecule has 3 rings (SSSR count). The highest BCUT2D eigenvalue weighted by molar-refractivity contribution is 9.10. The van der Waals surface area contributed by atoms with Gasteiger partial charge in [-0.05, 0) is 17.7 Å². The summed E-state index contributed by atoms with van der Waals surface area (Å²) in [6.07, 6.45) is -0.115. The first kappa shape index (κ1) is 10.6. The van der Waals surface area contributed by atoms with E-state index >= 15 is 0 Å². The van der Waals surface area contributed by atoms with Crippen molar-refractivity contribution in [1.82, 2.24) is 0 Å². The summed E-state index contributed by atoms with van der Waals surface area (Å²) in [7, 11) is -0.335. The van der Waals surface area contributed by atoms with Crippen molar-refractivity contribution in [1.29, 1.82) is 0 Å². The summed E-state index contributed by atoms with van der Waals surface area (Å²) in [6, 6.07) is 3.90. The molecule has 1 aromatic carbocycles. The first-order valence-electron chi connectivity index (χ1n) is 5.23. The molecule has 0 radical (unpaired) electrons. The highest BCUT2D eigenvalue weighted by Crippen LogP contribution is 2.34. The van der Waals surface area contributed by atoms with Gasteiger partial charge >= 0.3 is 7.12 Å². The quantitative estimate of drug-likeness (QED) is 0.767. The minimum absolute atomic E-state index is 0.115. The molecule has 0 saturated carbocycles. The molecule has 84 valence electrons. The minimum atomic E-state index is -0.335. The molecule has 0 saturated heterocycles. The molecule has 2 aliphatic heterocycles. The van der Waals surface area contributed by atoms with Crippen molar-refractivity contribution in [3.05, 3.63) is 22.2 Å². The summed E-state index contributed by atoms with van der Waals surface area (Å²) in [4.78, 5) is 0. The van der Waals surface area contributed by atoms with Gasteiger partial charge in [0.1, 0.15) is 12.4 Å². The molecule has 0 spiro atoms. The third-order valence-electron chi connectivity index (χ3n) is 2.86. The Bertz CT molecular complexity index is 429. The summed E-state index contributed by atoms with van der Waals surface area (Å²) in [6.45, 7) is 1.53. The monoisotopic (exact) mass is 283 g/mol. The van der Waals surface area contributed by atoms with Crippen LogP contribution >= 0.6 is 15.9 Å². The highest BCUT2D eigenvalue weighted by Gasteiger charge is 2.42. The average Bonchev–Trinajstić information content (AvgIpc) is 2.55. The first-order chi connectivity index (χ1) is 7.81. The molecule has 0 amide bonds. The van der Waals surface area contributed by atoms with Gasteiger partial charge < -0.3 is 19.8 Å². The maximum atomic E-state index is 5.77. The van der Waals surface area contributed by atoms with Gasteiger partial charge in [-0.25, -0.2) is 0 Å². The van der Waals surface area contributed by atoms with E-state index < -0.39 is 0 Å². The zero-order valence-electron chi connectivity index (χ0n) is 8.61. The van der Waals surface area contributed by atoms with Gasteiger partial charge in [-0.15, -0.1) is 0 Å². The first-order valence-corrected chi connectivity index (χ1v) is 6.03. The molecule has 1 aromatic rings. The molecule has 1 atom stereocenters. The van der Waals surface area contributed by atoms with Crippen LogP contribution in [0.25, 0.3) is 0 Å². The lowest BCUT2D eigenvalue weighted by Crippen LogP contribution is -2.31. The van der Waals surface area contributed by atoms with E-state index in [2.05, 4.69) is 15.9 Å². The Morgan fingerprint density at radius 1 is 1.44 bits per heavy atom. The molecular weight excluding hydrogens is 273 g/mol. The third-order valence-corrected chi connectivity index (χ3v) is 3.56. The van der Waals surface area contributed by atoms with Crippen molar-refractivity contribution < 1.29 is 14.0 Å². The summed E-state index contributed by atoms with van der Waals surface area (Å²) in [5, 5.41) is 0. The third kappa shape index (κ3) is 1.49. The Morgan fingerprint density at radius 3 is 3.12 bits per heavy atom. The zero-order chi connectivity index (χ0) is 11.1. The molecule has 2 N–H and O–H groups in total. The van der Waals surface area contributed by atoms with Gasteiger partial charge in [0.25, 0.3) is 0 Å². The lowest BCUT2D eigenvalue weighted by Gasteiger charge is -2.13. The molecule has 0 fully saturated rings. The predicted molar refractivity (Wildman–Crippen MR) is 63.9 cm³/mol. The van der Waals surface area contributed by atoms with Crippen molar-refractivity contribution in [2.75, 3.05) is 19.8 Å². The van der Waals surface area contributed by atoms with Crippen molar-refractivity contribution in [3.63, 3.8) is 0 Å². The van der Waals surface area contributed by atoms with Crippen LogP contribution in [0, 0.1) is 0 Å². The van der Waals surface area contributed by atoms with E-state index in [0.717, 1.165) is 21.2 Å². The molecule has 2 aliphatic rings. The van der Waals surface area contributed by atoms with Crippen molar-refractivity contribution in [2.45, 2.75) is 6.10 Å². The van der Waals surface area contributed by atoms with Gasteiger partial charge in [0, 0.05) is 16.5 Å². The fourth-order valence-electron chi connectivity index (χ4n) is 2.17. The fourth-order valence-corrected chi connectivity index (χ4v) is 2.78. The van der Waals surface area contributed by atoms with Gasteiger partial charge in [0.2, 0.25) is 0 Å². The number of nitrogens with two attached hydrogens (primary N) is 1. The fraction of sp³-hybridized carbons (Fsp3) is 0.400. The predicted octanol–water partition coefficient (Wildman–Crippen LogP) is 0.583. The lowest BCUT2D eigenvalue weighted by molar-refractivity contribution is 0.147. The van der Waals surface area contributed by atoms with E-state index in [4.69, 9.17) is 19.8 Å². The minimum Gasteiger partial charge on any atom is -0.492 e. The molecule has 2 heterocycles. The van der Waals surface area contributed by atoms with Gasteiger partial charge in [-0.2, -0.15) is 0 Å². The van der Waals surface area contributed by atoms with Crippen LogP contribution in [0.1, 0.15) is 11.7 Å². The van der Waals surface area contributed by atoms with Crippen LogP contribution in [0.2, 0.25) is 0 Å². The van der Waals surface area contributed by atoms with E-state index in [1.165, 1.54) is 0 Å². The smallest absolute Gasteiger partial charge is 0.492 e. The van der Waals surface area contributed by atoms with Crippen LogP contribution in [0.3, 0.4) is 0 Å². The lowest BCUT2D eigenvalue weighted by atomic mass is 9.78. The van der Waals surface area contributed by atoms with Crippen LogP contribution in [-0.4, -0.2) is 26.9 Å². The molecule has 4 nitrogen and oxygen atoms in total. The summed E-state index contributed by atoms with van der Waals surface area (Å²) < 4.78 is 18.0. The summed E-state index contributed by atoms with van der Waals surface area (Å²) in [5.41, 5.74) is 7.75. The van der Waals surface area contributed by atoms with Gasteiger partial charge in [0.05, 0.1) is 12.7 Å². The van der Waals surface area contributed by atoms with E-state index in [9.17, 15) is 0 Å². The maximum Gasteiger partial charge on any atom is 0.498 e. The second kappa shape index (κ2) is 4.03. The van der Waals surface area contributed by atoms with Crippen LogP contribution in [-0.2, 0) is 9.31 Å². The Hall–Kier alpha value is -0.555. The molecule has 0 aliphatic carbocycles. The average molecular weight is 284 g/mol. The highest BCUT2D eigenvalue weighted by atomic mass is 79.9.